The third kappa shape index (κ3) is 4.38. The molecular formula is C19H27F3N4O. The zero-order valence-electron chi connectivity index (χ0n) is 15.7. The van der Waals surface area contributed by atoms with E-state index in [0.717, 1.165) is 12.6 Å². The largest absolute Gasteiger partial charge is 0.416 e. The Bertz CT molecular complexity index is 671. The van der Waals surface area contributed by atoms with Gasteiger partial charge in [-0.3, -0.25) is 9.69 Å². The van der Waals surface area contributed by atoms with Crippen LogP contribution in [0, 0.1) is 0 Å². The molecule has 2 aliphatic heterocycles. The number of rotatable bonds is 3. The molecule has 150 valence electrons. The third-order valence-corrected chi connectivity index (χ3v) is 5.45. The van der Waals surface area contributed by atoms with Crippen molar-refractivity contribution in [2.45, 2.75) is 44.6 Å². The van der Waals surface area contributed by atoms with Crippen molar-refractivity contribution in [3.63, 3.8) is 0 Å². The van der Waals surface area contributed by atoms with E-state index in [1.165, 1.54) is 12.1 Å². The summed E-state index contributed by atoms with van der Waals surface area (Å²) in [5.41, 5.74) is 5.95. The predicted molar refractivity (Wildman–Crippen MR) is 98.5 cm³/mol. The smallest absolute Gasteiger partial charge is 0.368 e. The van der Waals surface area contributed by atoms with Gasteiger partial charge in [-0.15, -0.1) is 0 Å². The Morgan fingerprint density at radius 3 is 2.44 bits per heavy atom. The van der Waals surface area contributed by atoms with Gasteiger partial charge in [0, 0.05) is 50.5 Å². The van der Waals surface area contributed by atoms with Crippen molar-refractivity contribution < 1.29 is 18.0 Å². The zero-order valence-corrected chi connectivity index (χ0v) is 15.7. The minimum Gasteiger partial charge on any atom is -0.368 e. The number of nitrogens with two attached hydrogens (primary N) is 1. The van der Waals surface area contributed by atoms with Crippen molar-refractivity contribution in [3.8, 4) is 0 Å². The molecule has 0 saturated carbocycles. The van der Waals surface area contributed by atoms with E-state index in [0.29, 0.717) is 38.3 Å². The molecule has 8 heteroatoms. The Labute approximate surface area is 157 Å². The molecule has 2 aliphatic rings. The molecule has 5 nitrogen and oxygen atoms in total. The van der Waals surface area contributed by atoms with Crippen LogP contribution in [0.5, 0.6) is 0 Å². The third-order valence-electron chi connectivity index (χ3n) is 5.45. The summed E-state index contributed by atoms with van der Waals surface area (Å²) < 4.78 is 38.8. The molecule has 2 fully saturated rings. The molecule has 1 aromatic rings. The number of carbonyl (C=O) groups is 1. The van der Waals surface area contributed by atoms with Crippen LogP contribution in [0.4, 0.5) is 18.9 Å². The number of carbonyl (C=O) groups excluding carboxylic acids is 1. The first-order valence-corrected chi connectivity index (χ1v) is 9.39. The van der Waals surface area contributed by atoms with Gasteiger partial charge in [0.25, 0.3) is 0 Å². The summed E-state index contributed by atoms with van der Waals surface area (Å²) in [6.07, 6.45) is -3.69. The average Bonchev–Trinajstić information content (AvgIpc) is 3.03. The van der Waals surface area contributed by atoms with Crippen molar-refractivity contribution in [2.24, 2.45) is 5.73 Å². The standard InChI is InChI=1S/C19H27F3N4O/c1-13(2)26-12-15(23)11-17(26)18(27)25-8-6-24(7-9-25)16-5-3-4-14(10-16)19(20,21)22/h3-5,10,13,15,17H,6-9,11-12,23H2,1-2H3/t15-,17-/m0/s1. The summed E-state index contributed by atoms with van der Waals surface area (Å²) >= 11 is 0. The van der Waals surface area contributed by atoms with Gasteiger partial charge < -0.3 is 15.5 Å². The van der Waals surface area contributed by atoms with Crippen LogP contribution >= 0.6 is 0 Å². The van der Waals surface area contributed by atoms with Crippen molar-refractivity contribution in [1.82, 2.24) is 9.80 Å². The van der Waals surface area contributed by atoms with Crippen LogP contribution in [0.25, 0.3) is 0 Å². The SMILES string of the molecule is CC(C)N1C[C@@H](N)C[C@H]1C(=O)N1CCN(c2cccc(C(F)(F)F)c2)CC1. The summed E-state index contributed by atoms with van der Waals surface area (Å²) in [6, 6.07) is 5.42. The second-order valence-corrected chi connectivity index (χ2v) is 7.66. The van der Waals surface area contributed by atoms with Gasteiger partial charge in [0.15, 0.2) is 0 Å². The number of anilines is 1. The summed E-state index contributed by atoms with van der Waals surface area (Å²) in [5, 5.41) is 0. The summed E-state index contributed by atoms with van der Waals surface area (Å²) in [7, 11) is 0. The van der Waals surface area contributed by atoms with Gasteiger partial charge in [0.2, 0.25) is 5.91 Å². The predicted octanol–water partition coefficient (Wildman–Crippen LogP) is 2.16. The number of hydrogen-bond donors (Lipinski definition) is 1. The lowest BCUT2D eigenvalue weighted by Gasteiger charge is -2.39. The van der Waals surface area contributed by atoms with Gasteiger partial charge >= 0.3 is 6.18 Å². The van der Waals surface area contributed by atoms with Crippen molar-refractivity contribution >= 4 is 11.6 Å². The fourth-order valence-electron chi connectivity index (χ4n) is 3.98. The van der Waals surface area contributed by atoms with E-state index < -0.39 is 11.7 Å². The van der Waals surface area contributed by atoms with Crippen LogP contribution in [0.15, 0.2) is 24.3 Å². The number of hydrogen-bond acceptors (Lipinski definition) is 4. The van der Waals surface area contributed by atoms with E-state index in [2.05, 4.69) is 18.7 Å². The van der Waals surface area contributed by atoms with Gasteiger partial charge in [0.1, 0.15) is 0 Å². The number of amides is 1. The fourth-order valence-corrected chi connectivity index (χ4v) is 3.98. The number of alkyl halides is 3. The fraction of sp³-hybridized carbons (Fsp3) is 0.632. The lowest BCUT2D eigenvalue weighted by Crippen LogP contribution is -2.54. The lowest BCUT2D eigenvalue weighted by molar-refractivity contribution is -0.137. The monoisotopic (exact) mass is 384 g/mol. The average molecular weight is 384 g/mol. The number of nitrogens with zero attached hydrogens (tertiary/aromatic N) is 3. The summed E-state index contributed by atoms with van der Waals surface area (Å²) in [5.74, 6) is 0.0837. The molecule has 2 heterocycles. The van der Waals surface area contributed by atoms with Crippen LogP contribution in [-0.2, 0) is 11.0 Å². The van der Waals surface area contributed by atoms with Crippen LogP contribution in [0.1, 0.15) is 25.8 Å². The van der Waals surface area contributed by atoms with Crippen molar-refractivity contribution in [3.05, 3.63) is 29.8 Å². The van der Waals surface area contributed by atoms with Crippen LogP contribution in [0.2, 0.25) is 0 Å². The second-order valence-electron chi connectivity index (χ2n) is 7.66. The van der Waals surface area contributed by atoms with E-state index in [-0.39, 0.29) is 24.0 Å². The van der Waals surface area contributed by atoms with Crippen molar-refractivity contribution in [1.29, 1.82) is 0 Å². The Hall–Kier alpha value is -1.80. The van der Waals surface area contributed by atoms with Crippen LogP contribution in [0.3, 0.4) is 0 Å². The maximum atomic E-state index is 13.0. The van der Waals surface area contributed by atoms with Gasteiger partial charge in [0.05, 0.1) is 11.6 Å². The normalized spacial score (nSPS) is 24.7. The summed E-state index contributed by atoms with van der Waals surface area (Å²) in [4.78, 5) is 18.8. The number of benzene rings is 1. The molecule has 0 aliphatic carbocycles. The first-order valence-electron chi connectivity index (χ1n) is 9.39. The molecule has 1 amide bonds. The highest BCUT2D eigenvalue weighted by Crippen LogP contribution is 2.32. The molecular weight excluding hydrogens is 357 g/mol. The first-order chi connectivity index (χ1) is 12.7. The van der Waals surface area contributed by atoms with Gasteiger partial charge in [-0.25, -0.2) is 0 Å². The highest BCUT2D eigenvalue weighted by molar-refractivity contribution is 5.82. The maximum Gasteiger partial charge on any atom is 0.416 e. The quantitative estimate of drug-likeness (QED) is 0.868. The Kier molecular flexibility index (Phi) is 5.67. The minimum absolute atomic E-state index is 0.00717. The molecule has 2 saturated heterocycles. The Morgan fingerprint density at radius 1 is 1.19 bits per heavy atom. The number of likely N-dealkylation sites (tertiary alicyclic amines) is 1. The molecule has 0 bridgehead atoms. The van der Waals surface area contributed by atoms with E-state index in [4.69, 9.17) is 5.73 Å². The van der Waals surface area contributed by atoms with Crippen molar-refractivity contribution in [2.75, 3.05) is 37.6 Å². The lowest BCUT2D eigenvalue weighted by atomic mass is 10.1. The zero-order chi connectivity index (χ0) is 19.8. The van der Waals surface area contributed by atoms with E-state index >= 15 is 0 Å². The maximum absolute atomic E-state index is 13.0. The Morgan fingerprint density at radius 2 is 1.85 bits per heavy atom. The van der Waals surface area contributed by atoms with E-state index in [1.54, 1.807) is 6.07 Å². The molecule has 2 N–H and O–H groups in total. The molecule has 0 unspecified atom stereocenters. The minimum atomic E-state index is -4.35. The molecule has 0 radical (unpaired) electrons. The second kappa shape index (κ2) is 7.67. The molecule has 1 aromatic carbocycles. The molecule has 0 spiro atoms. The highest BCUT2D eigenvalue weighted by Gasteiger charge is 2.39. The highest BCUT2D eigenvalue weighted by atomic mass is 19.4. The van der Waals surface area contributed by atoms with Crippen LogP contribution < -0.4 is 10.6 Å². The first kappa shape index (κ1) is 19.9. The van der Waals surface area contributed by atoms with Gasteiger partial charge in [-0.1, -0.05) is 6.07 Å². The molecule has 0 aromatic heterocycles. The Balaban J connectivity index is 1.63. The number of piperazine rings is 1. The molecule has 27 heavy (non-hydrogen) atoms. The number of halogens is 3. The summed E-state index contributed by atoms with van der Waals surface area (Å²) in [6.45, 7) is 6.90. The van der Waals surface area contributed by atoms with E-state index in [1.807, 2.05) is 9.80 Å². The van der Waals surface area contributed by atoms with Gasteiger partial charge in [-0.05, 0) is 38.5 Å². The topological polar surface area (TPSA) is 52.8 Å². The van der Waals surface area contributed by atoms with E-state index in [9.17, 15) is 18.0 Å². The van der Waals surface area contributed by atoms with Crippen LogP contribution in [-0.4, -0.2) is 66.6 Å². The van der Waals surface area contributed by atoms with Gasteiger partial charge in [-0.2, -0.15) is 13.2 Å². The molecule has 3 rings (SSSR count). The molecule has 2 atom stereocenters.